The molecule has 1 N–H and O–H groups in total. The number of rotatable bonds is 4. The van der Waals surface area contributed by atoms with Crippen molar-refractivity contribution in [1.82, 2.24) is 4.90 Å². The summed E-state index contributed by atoms with van der Waals surface area (Å²) in [4.78, 5) is 2.49. The molecule has 2 atom stereocenters. The van der Waals surface area contributed by atoms with E-state index in [-0.39, 0.29) is 6.61 Å². The second-order valence-corrected chi connectivity index (χ2v) is 6.04. The monoisotopic (exact) mass is 287 g/mol. The summed E-state index contributed by atoms with van der Waals surface area (Å²) >= 11 is 0. The van der Waals surface area contributed by atoms with Crippen LogP contribution in [-0.2, 0) is 0 Å². The van der Waals surface area contributed by atoms with E-state index < -0.39 is 0 Å². The van der Waals surface area contributed by atoms with Crippen LogP contribution in [0.4, 0.5) is 0 Å². The van der Waals surface area contributed by atoms with Crippen molar-refractivity contribution in [3.05, 3.63) is 29.8 Å². The quantitative estimate of drug-likeness (QED) is 0.863. The molecule has 0 spiro atoms. The fraction of sp³-hybridized carbons (Fsp3) is 0.556. The molecule has 0 aromatic heterocycles. The van der Waals surface area contributed by atoms with Gasteiger partial charge in [-0.1, -0.05) is 31.8 Å². The van der Waals surface area contributed by atoms with Crippen LogP contribution in [0.1, 0.15) is 25.8 Å². The lowest BCUT2D eigenvalue weighted by molar-refractivity contribution is 0.120. The highest BCUT2D eigenvalue weighted by molar-refractivity contribution is 5.39. The number of aliphatic hydroxyl groups is 1. The smallest absolute Gasteiger partial charge is 0.120 e. The van der Waals surface area contributed by atoms with E-state index in [1.807, 2.05) is 24.3 Å². The van der Waals surface area contributed by atoms with Gasteiger partial charge in [-0.15, -0.1) is 0 Å². The van der Waals surface area contributed by atoms with E-state index >= 15 is 0 Å². The van der Waals surface area contributed by atoms with Gasteiger partial charge in [0.25, 0.3) is 0 Å². The summed E-state index contributed by atoms with van der Waals surface area (Å²) in [5.41, 5.74) is 0.877. The lowest BCUT2D eigenvalue weighted by atomic mass is 9.92. The molecule has 0 aliphatic carbocycles. The van der Waals surface area contributed by atoms with Crippen LogP contribution in [0.15, 0.2) is 24.3 Å². The Morgan fingerprint density at radius 2 is 2.05 bits per heavy atom. The van der Waals surface area contributed by atoms with E-state index in [2.05, 4.69) is 30.6 Å². The zero-order chi connectivity index (χ0) is 15.1. The van der Waals surface area contributed by atoms with Gasteiger partial charge in [-0.2, -0.15) is 0 Å². The Morgan fingerprint density at radius 3 is 2.76 bits per heavy atom. The van der Waals surface area contributed by atoms with Crippen LogP contribution in [0.25, 0.3) is 0 Å². The largest absolute Gasteiger partial charge is 0.492 e. The Balaban J connectivity index is 1.80. The van der Waals surface area contributed by atoms with Crippen LogP contribution >= 0.6 is 0 Å². The maximum absolute atomic E-state index is 8.71. The molecule has 1 aliphatic heterocycles. The predicted molar refractivity (Wildman–Crippen MR) is 85.3 cm³/mol. The minimum Gasteiger partial charge on any atom is -0.492 e. The predicted octanol–water partition coefficient (Wildman–Crippen LogP) is 2.39. The Bertz CT molecular complexity index is 493. The van der Waals surface area contributed by atoms with Crippen molar-refractivity contribution in [3.8, 4) is 17.6 Å². The van der Waals surface area contributed by atoms with Crippen LogP contribution < -0.4 is 4.74 Å². The van der Waals surface area contributed by atoms with E-state index in [1.54, 1.807) is 0 Å². The van der Waals surface area contributed by atoms with Gasteiger partial charge in [-0.25, -0.2) is 0 Å². The normalized spacial score (nSPS) is 22.4. The molecule has 1 aromatic rings. The Morgan fingerprint density at radius 1 is 1.29 bits per heavy atom. The molecule has 0 bridgehead atoms. The van der Waals surface area contributed by atoms with Crippen LogP contribution in [0.3, 0.4) is 0 Å². The SMILES string of the molecule is CC1CC(C)CN(CCOc2cccc(C#CCO)c2)C1. The van der Waals surface area contributed by atoms with Crippen molar-refractivity contribution in [1.29, 1.82) is 0 Å². The molecule has 0 saturated carbocycles. The molecule has 1 heterocycles. The first-order valence-electron chi connectivity index (χ1n) is 7.72. The van der Waals surface area contributed by atoms with Crippen molar-refractivity contribution >= 4 is 0 Å². The third-order valence-electron chi connectivity index (χ3n) is 3.77. The Hall–Kier alpha value is -1.50. The van der Waals surface area contributed by atoms with E-state index in [4.69, 9.17) is 9.84 Å². The van der Waals surface area contributed by atoms with Gasteiger partial charge in [-0.05, 0) is 36.5 Å². The molecule has 1 saturated heterocycles. The molecule has 0 radical (unpaired) electrons. The maximum atomic E-state index is 8.71. The average molecular weight is 287 g/mol. The van der Waals surface area contributed by atoms with Crippen molar-refractivity contribution < 1.29 is 9.84 Å². The zero-order valence-corrected chi connectivity index (χ0v) is 13.0. The zero-order valence-electron chi connectivity index (χ0n) is 13.0. The van der Waals surface area contributed by atoms with Gasteiger partial charge in [-0.3, -0.25) is 4.90 Å². The lowest BCUT2D eigenvalue weighted by Crippen LogP contribution is -2.40. The van der Waals surface area contributed by atoms with Crippen LogP contribution in [-0.4, -0.2) is 42.9 Å². The number of hydrogen-bond acceptors (Lipinski definition) is 3. The van der Waals surface area contributed by atoms with Gasteiger partial charge in [0.15, 0.2) is 0 Å². The van der Waals surface area contributed by atoms with Gasteiger partial charge in [0.1, 0.15) is 19.0 Å². The van der Waals surface area contributed by atoms with Crippen LogP contribution in [0.2, 0.25) is 0 Å². The molecule has 2 rings (SSSR count). The molecule has 3 nitrogen and oxygen atoms in total. The van der Waals surface area contributed by atoms with Crippen molar-refractivity contribution in [2.45, 2.75) is 20.3 Å². The average Bonchev–Trinajstić information content (AvgIpc) is 2.44. The fourth-order valence-corrected chi connectivity index (χ4v) is 3.07. The molecule has 1 aromatic carbocycles. The van der Waals surface area contributed by atoms with Gasteiger partial charge in [0.2, 0.25) is 0 Å². The van der Waals surface area contributed by atoms with E-state index in [9.17, 15) is 0 Å². The van der Waals surface area contributed by atoms with Gasteiger partial charge in [0, 0.05) is 25.2 Å². The summed E-state index contributed by atoms with van der Waals surface area (Å²) in [7, 11) is 0. The molecule has 1 fully saturated rings. The van der Waals surface area contributed by atoms with E-state index in [0.717, 1.165) is 29.7 Å². The number of aliphatic hydroxyl groups excluding tert-OH is 1. The molecule has 114 valence electrons. The lowest BCUT2D eigenvalue weighted by Gasteiger charge is -2.34. The molecule has 2 unspecified atom stereocenters. The maximum Gasteiger partial charge on any atom is 0.120 e. The Labute approximate surface area is 127 Å². The second-order valence-electron chi connectivity index (χ2n) is 6.04. The second kappa shape index (κ2) is 8.07. The van der Waals surface area contributed by atoms with Crippen LogP contribution in [0.5, 0.6) is 5.75 Å². The van der Waals surface area contributed by atoms with Gasteiger partial charge in [0.05, 0.1) is 0 Å². The Kier molecular flexibility index (Phi) is 6.10. The van der Waals surface area contributed by atoms with E-state index in [1.165, 1.54) is 19.5 Å². The number of hydrogen-bond donors (Lipinski definition) is 1. The first kappa shape index (κ1) is 15.9. The fourth-order valence-electron chi connectivity index (χ4n) is 3.07. The van der Waals surface area contributed by atoms with Crippen LogP contribution in [0, 0.1) is 23.7 Å². The third kappa shape index (κ3) is 5.41. The van der Waals surface area contributed by atoms with Crippen molar-refractivity contribution in [2.24, 2.45) is 11.8 Å². The molecule has 3 heteroatoms. The summed E-state index contributed by atoms with van der Waals surface area (Å²) in [5, 5.41) is 8.71. The van der Waals surface area contributed by atoms with Crippen molar-refractivity contribution in [2.75, 3.05) is 32.8 Å². The number of ether oxygens (including phenoxy) is 1. The number of likely N-dealkylation sites (tertiary alicyclic amines) is 1. The highest BCUT2D eigenvalue weighted by atomic mass is 16.5. The van der Waals surface area contributed by atoms with E-state index in [0.29, 0.717) is 6.61 Å². The number of piperidine rings is 1. The number of nitrogens with zero attached hydrogens (tertiary/aromatic N) is 1. The summed E-state index contributed by atoms with van der Waals surface area (Å²) in [6.07, 6.45) is 1.34. The molecular weight excluding hydrogens is 262 g/mol. The standard InChI is InChI=1S/C18H25NO2/c1-15-11-16(2)14-19(13-15)8-10-21-18-7-3-5-17(12-18)6-4-9-20/h3,5,7,12,15-16,20H,8-11,13-14H2,1-2H3. The molecular formula is C18H25NO2. The molecule has 21 heavy (non-hydrogen) atoms. The molecule has 1 aliphatic rings. The first-order valence-corrected chi connectivity index (χ1v) is 7.72. The summed E-state index contributed by atoms with van der Waals surface area (Å²) in [6.45, 7) is 8.57. The summed E-state index contributed by atoms with van der Waals surface area (Å²) < 4.78 is 5.83. The topological polar surface area (TPSA) is 32.7 Å². The van der Waals surface area contributed by atoms with Gasteiger partial charge >= 0.3 is 0 Å². The third-order valence-corrected chi connectivity index (χ3v) is 3.77. The van der Waals surface area contributed by atoms with Crippen molar-refractivity contribution in [3.63, 3.8) is 0 Å². The minimum atomic E-state index is -0.115. The summed E-state index contributed by atoms with van der Waals surface area (Å²) in [5.74, 6) is 7.96. The molecule has 0 amide bonds. The highest BCUT2D eigenvalue weighted by Crippen LogP contribution is 2.20. The summed E-state index contributed by atoms with van der Waals surface area (Å²) in [6, 6.07) is 7.72. The number of benzene rings is 1. The first-order chi connectivity index (χ1) is 10.2. The minimum absolute atomic E-state index is 0.115. The highest BCUT2D eigenvalue weighted by Gasteiger charge is 2.21. The van der Waals surface area contributed by atoms with Gasteiger partial charge < -0.3 is 9.84 Å².